The molecule has 0 saturated heterocycles. The Kier molecular flexibility index (Phi) is 3.39. The van der Waals surface area contributed by atoms with Crippen LogP contribution in [0.5, 0.6) is 0 Å². The Labute approximate surface area is 75.3 Å². The third-order valence-electron chi connectivity index (χ3n) is 2.76. The molecule has 12 heavy (non-hydrogen) atoms. The largest absolute Gasteiger partial charge is 0.405 e. The first kappa shape index (κ1) is 9.37. The third kappa shape index (κ3) is 2.40. The van der Waals surface area contributed by atoms with E-state index in [9.17, 15) is 0 Å². The van der Waals surface area contributed by atoms with Gasteiger partial charge in [0.2, 0.25) is 0 Å². The molecule has 0 aliphatic heterocycles. The van der Waals surface area contributed by atoms with Gasteiger partial charge in [-0.3, -0.25) is 0 Å². The Morgan fingerprint density at radius 3 is 2.67 bits per heavy atom. The molecule has 1 nitrogen and oxygen atoms in total. The van der Waals surface area contributed by atoms with Crippen molar-refractivity contribution in [2.24, 2.45) is 11.7 Å². The highest BCUT2D eigenvalue weighted by Gasteiger charge is 2.10. The van der Waals surface area contributed by atoms with Crippen LogP contribution in [-0.4, -0.2) is 0 Å². The Balaban J connectivity index is 2.67. The van der Waals surface area contributed by atoms with Crippen LogP contribution in [-0.2, 0) is 0 Å². The summed E-state index contributed by atoms with van der Waals surface area (Å²) in [5.41, 5.74) is 8.38. The average molecular weight is 165 g/mol. The van der Waals surface area contributed by atoms with Gasteiger partial charge in [-0.15, -0.1) is 0 Å². The van der Waals surface area contributed by atoms with E-state index in [2.05, 4.69) is 19.9 Å². The van der Waals surface area contributed by atoms with Gasteiger partial charge in [0.25, 0.3) is 0 Å². The summed E-state index contributed by atoms with van der Waals surface area (Å²) in [6.45, 7) is 4.57. The van der Waals surface area contributed by atoms with Gasteiger partial charge in [-0.1, -0.05) is 12.5 Å². The highest BCUT2D eigenvalue weighted by molar-refractivity contribution is 5.25. The van der Waals surface area contributed by atoms with Crippen LogP contribution < -0.4 is 5.73 Å². The van der Waals surface area contributed by atoms with Crippen molar-refractivity contribution in [1.29, 1.82) is 0 Å². The van der Waals surface area contributed by atoms with E-state index in [4.69, 9.17) is 5.73 Å². The maximum absolute atomic E-state index is 5.39. The van der Waals surface area contributed by atoms with Crippen molar-refractivity contribution < 1.29 is 0 Å². The van der Waals surface area contributed by atoms with Crippen molar-refractivity contribution >= 4 is 0 Å². The van der Waals surface area contributed by atoms with Gasteiger partial charge in [0.1, 0.15) is 0 Å². The molecule has 0 amide bonds. The number of rotatable bonds is 1. The van der Waals surface area contributed by atoms with E-state index in [-0.39, 0.29) is 0 Å². The van der Waals surface area contributed by atoms with Gasteiger partial charge in [0.15, 0.2) is 0 Å². The van der Waals surface area contributed by atoms with Gasteiger partial charge in [0.05, 0.1) is 0 Å². The Morgan fingerprint density at radius 2 is 2.00 bits per heavy atom. The normalized spacial score (nSPS) is 26.3. The Morgan fingerprint density at radius 1 is 1.33 bits per heavy atom. The zero-order valence-electron chi connectivity index (χ0n) is 8.14. The van der Waals surface area contributed by atoms with Crippen molar-refractivity contribution in [2.45, 2.75) is 39.5 Å². The third-order valence-corrected chi connectivity index (χ3v) is 2.76. The number of nitrogens with two attached hydrogens (primary N) is 1. The van der Waals surface area contributed by atoms with Crippen molar-refractivity contribution in [2.75, 3.05) is 0 Å². The quantitative estimate of drug-likeness (QED) is 0.635. The predicted octanol–water partition coefficient (Wildman–Crippen LogP) is 2.99. The van der Waals surface area contributed by atoms with E-state index in [1.54, 1.807) is 6.20 Å². The summed E-state index contributed by atoms with van der Waals surface area (Å²) >= 11 is 0. The minimum atomic E-state index is 0.878. The topological polar surface area (TPSA) is 26.0 Å². The van der Waals surface area contributed by atoms with Crippen LogP contribution in [0.1, 0.15) is 39.5 Å². The van der Waals surface area contributed by atoms with Crippen molar-refractivity contribution in [1.82, 2.24) is 0 Å². The lowest BCUT2D eigenvalue weighted by Crippen LogP contribution is -1.90. The first-order valence-electron chi connectivity index (χ1n) is 4.81. The summed E-state index contributed by atoms with van der Waals surface area (Å²) < 4.78 is 0. The van der Waals surface area contributed by atoms with Gasteiger partial charge in [-0.05, 0) is 56.4 Å². The molecule has 68 valence electrons. The van der Waals surface area contributed by atoms with Crippen LogP contribution in [0.15, 0.2) is 23.4 Å². The lowest BCUT2D eigenvalue weighted by Gasteiger charge is -2.04. The summed E-state index contributed by atoms with van der Waals surface area (Å²) in [4.78, 5) is 0. The lowest BCUT2D eigenvalue weighted by molar-refractivity contribution is 0.508. The molecule has 0 aromatic rings. The molecule has 0 fully saturated rings. The molecule has 1 aliphatic carbocycles. The molecule has 0 spiro atoms. The molecule has 0 bridgehead atoms. The first-order chi connectivity index (χ1) is 5.74. The Bertz CT molecular complexity index is 201. The minimum Gasteiger partial charge on any atom is -0.405 e. The number of allylic oxidation sites excluding steroid dienone is 3. The molecular weight excluding hydrogens is 146 g/mol. The van der Waals surface area contributed by atoms with Crippen LogP contribution >= 0.6 is 0 Å². The van der Waals surface area contributed by atoms with E-state index in [0.29, 0.717) is 0 Å². The minimum absolute atomic E-state index is 0.878. The summed E-state index contributed by atoms with van der Waals surface area (Å²) in [5.74, 6) is 0.878. The lowest BCUT2D eigenvalue weighted by atomic mass is 10.0. The second-order valence-corrected chi connectivity index (χ2v) is 3.85. The van der Waals surface area contributed by atoms with Gasteiger partial charge in [-0.25, -0.2) is 0 Å². The van der Waals surface area contributed by atoms with E-state index in [0.717, 1.165) is 5.92 Å². The maximum Gasteiger partial charge on any atom is -0.00596 e. The predicted molar refractivity (Wildman–Crippen MR) is 53.7 cm³/mol. The van der Waals surface area contributed by atoms with Gasteiger partial charge >= 0.3 is 0 Å². The fourth-order valence-electron chi connectivity index (χ4n) is 1.72. The second kappa shape index (κ2) is 4.34. The number of hydrogen-bond acceptors (Lipinski definition) is 1. The van der Waals surface area contributed by atoms with Crippen LogP contribution in [0.3, 0.4) is 0 Å². The molecule has 0 saturated carbocycles. The summed E-state index contributed by atoms with van der Waals surface area (Å²) in [5, 5.41) is 0. The molecule has 2 N–H and O–H groups in total. The average Bonchev–Trinajstić information content (AvgIpc) is 2.20. The molecule has 0 aromatic carbocycles. The molecule has 0 radical (unpaired) electrons. The van der Waals surface area contributed by atoms with Crippen LogP contribution in [0.2, 0.25) is 0 Å². The van der Waals surface area contributed by atoms with Crippen LogP contribution in [0.25, 0.3) is 0 Å². The zero-order valence-corrected chi connectivity index (χ0v) is 8.14. The molecule has 1 heteroatoms. The van der Waals surface area contributed by atoms with Gasteiger partial charge in [-0.2, -0.15) is 0 Å². The second-order valence-electron chi connectivity index (χ2n) is 3.85. The fourth-order valence-corrected chi connectivity index (χ4v) is 1.72. The van der Waals surface area contributed by atoms with Gasteiger partial charge in [0, 0.05) is 0 Å². The highest BCUT2D eigenvalue weighted by Crippen LogP contribution is 2.27. The monoisotopic (exact) mass is 165 g/mol. The fraction of sp³-hybridized carbons (Fsp3) is 0.636. The standard InChI is InChI=1S/C11H19N/c1-9-3-5-10(2)11(6-4-9)7-8-12/h7-9H,3-6,12H2,1-2H3/b8-7-. The highest BCUT2D eigenvalue weighted by atomic mass is 14.5. The molecule has 1 unspecified atom stereocenters. The number of hydrogen-bond donors (Lipinski definition) is 1. The molecular formula is C11H19N. The summed E-state index contributed by atoms with van der Waals surface area (Å²) in [6.07, 6.45) is 8.84. The summed E-state index contributed by atoms with van der Waals surface area (Å²) in [6, 6.07) is 0. The van der Waals surface area contributed by atoms with Crippen molar-refractivity contribution in [3.05, 3.63) is 23.4 Å². The van der Waals surface area contributed by atoms with Crippen molar-refractivity contribution in [3.63, 3.8) is 0 Å². The first-order valence-corrected chi connectivity index (χ1v) is 4.81. The molecule has 1 aliphatic rings. The zero-order chi connectivity index (χ0) is 8.97. The summed E-state index contributed by atoms with van der Waals surface area (Å²) in [7, 11) is 0. The molecule has 1 rings (SSSR count). The maximum atomic E-state index is 5.39. The van der Waals surface area contributed by atoms with Crippen molar-refractivity contribution in [3.8, 4) is 0 Å². The Hall–Kier alpha value is -0.720. The van der Waals surface area contributed by atoms with Gasteiger partial charge < -0.3 is 5.73 Å². The SMILES string of the molecule is CC1=C(/C=C\N)CCC(C)CC1. The van der Waals surface area contributed by atoms with E-state index < -0.39 is 0 Å². The molecule has 1 atom stereocenters. The molecule has 0 aromatic heterocycles. The smallest absolute Gasteiger partial charge is 0.00596 e. The van der Waals surface area contributed by atoms with Crippen LogP contribution in [0, 0.1) is 5.92 Å². The van der Waals surface area contributed by atoms with Crippen LogP contribution in [0.4, 0.5) is 0 Å². The van der Waals surface area contributed by atoms with E-state index in [1.165, 1.54) is 36.8 Å². The molecule has 0 heterocycles. The van der Waals surface area contributed by atoms with E-state index >= 15 is 0 Å². The van der Waals surface area contributed by atoms with E-state index in [1.807, 2.05) is 0 Å².